The normalized spacial score (nSPS) is 26.0. The van der Waals surface area contributed by atoms with Crippen LogP contribution in [0, 0.1) is 0 Å². The van der Waals surface area contributed by atoms with E-state index in [0.717, 1.165) is 10.5 Å². The van der Waals surface area contributed by atoms with Gasteiger partial charge in [0, 0.05) is 10.5 Å². The molecule has 18 heavy (non-hydrogen) atoms. The van der Waals surface area contributed by atoms with Crippen molar-refractivity contribution in [1.29, 1.82) is 0 Å². The molecule has 0 heterocycles. The second-order valence-electron chi connectivity index (χ2n) is 6.13. The van der Waals surface area contributed by atoms with Crippen molar-refractivity contribution in [2.24, 2.45) is 0 Å². The van der Waals surface area contributed by atoms with Crippen molar-refractivity contribution >= 4 is 21.6 Å². The maximum Gasteiger partial charge on any atom is 0.0151 e. The van der Waals surface area contributed by atoms with Crippen LogP contribution in [-0.2, 0) is 0 Å². The predicted octanol–water partition coefficient (Wildman–Crippen LogP) is 6.59. The van der Waals surface area contributed by atoms with Gasteiger partial charge in [0.2, 0.25) is 0 Å². The second kappa shape index (κ2) is 9.58. The summed E-state index contributed by atoms with van der Waals surface area (Å²) in [6.45, 7) is 0. The van der Waals surface area contributed by atoms with E-state index in [1.807, 2.05) is 0 Å². The van der Waals surface area contributed by atoms with Gasteiger partial charge in [-0.25, -0.2) is 0 Å². The van der Waals surface area contributed by atoms with Crippen LogP contribution in [0.1, 0.15) is 89.9 Å². The summed E-state index contributed by atoms with van der Waals surface area (Å²) >= 11 is 0. The zero-order chi connectivity index (χ0) is 12.5. The SMILES string of the molecule is C1CCCC(SSC2CCCCCCC2)CCC1. The zero-order valence-corrected chi connectivity index (χ0v) is 13.5. The average molecular weight is 287 g/mol. The Morgan fingerprint density at radius 1 is 0.389 bits per heavy atom. The van der Waals surface area contributed by atoms with Gasteiger partial charge in [-0.3, -0.25) is 0 Å². The summed E-state index contributed by atoms with van der Waals surface area (Å²) in [6, 6.07) is 0. The minimum atomic E-state index is 0.973. The Kier molecular flexibility index (Phi) is 8.03. The van der Waals surface area contributed by atoms with Crippen molar-refractivity contribution in [3.63, 3.8) is 0 Å². The molecule has 0 nitrogen and oxygen atoms in total. The molecule has 2 rings (SSSR count). The van der Waals surface area contributed by atoms with Gasteiger partial charge in [-0.2, -0.15) is 0 Å². The molecular weight excluding hydrogens is 256 g/mol. The first-order chi connectivity index (χ1) is 8.95. The highest BCUT2D eigenvalue weighted by Gasteiger charge is 2.17. The van der Waals surface area contributed by atoms with E-state index < -0.39 is 0 Å². The second-order valence-corrected chi connectivity index (χ2v) is 9.00. The van der Waals surface area contributed by atoms with E-state index in [2.05, 4.69) is 21.6 Å². The van der Waals surface area contributed by atoms with Crippen molar-refractivity contribution < 1.29 is 0 Å². The van der Waals surface area contributed by atoms with Gasteiger partial charge in [-0.15, -0.1) is 0 Å². The minimum Gasteiger partial charge on any atom is -0.0904 e. The van der Waals surface area contributed by atoms with Gasteiger partial charge in [0.15, 0.2) is 0 Å². The van der Waals surface area contributed by atoms with Crippen LogP contribution in [0.15, 0.2) is 0 Å². The third-order valence-electron chi connectivity index (χ3n) is 4.43. The van der Waals surface area contributed by atoms with E-state index in [9.17, 15) is 0 Å². The lowest BCUT2D eigenvalue weighted by molar-refractivity contribution is 0.512. The molecule has 0 aromatic heterocycles. The van der Waals surface area contributed by atoms with Crippen LogP contribution in [0.3, 0.4) is 0 Å². The molecule has 2 saturated carbocycles. The van der Waals surface area contributed by atoms with E-state index >= 15 is 0 Å². The Balaban J connectivity index is 1.64. The first kappa shape index (κ1) is 15.1. The van der Waals surface area contributed by atoms with Gasteiger partial charge in [-0.1, -0.05) is 85.8 Å². The number of rotatable bonds is 3. The maximum atomic E-state index is 2.26. The highest BCUT2D eigenvalue weighted by atomic mass is 33.1. The molecule has 0 amide bonds. The molecule has 0 saturated heterocycles. The fourth-order valence-electron chi connectivity index (χ4n) is 3.19. The van der Waals surface area contributed by atoms with Gasteiger partial charge in [0.05, 0.1) is 0 Å². The molecular formula is C16H30S2. The van der Waals surface area contributed by atoms with Crippen molar-refractivity contribution in [3.8, 4) is 0 Å². The number of hydrogen-bond acceptors (Lipinski definition) is 2. The van der Waals surface area contributed by atoms with Gasteiger partial charge in [0.25, 0.3) is 0 Å². The Morgan fingerprint density at radius 3 is 1.00 bits per heavy atom. The van der Waals surface area contributed by atoms with Crippen molar-refractivity contribution in [2.45, 2.75) is 100 Å². The smallest absolute Gasteiger partial charge is 0.0151 e. The molecule has 2 fully saturated rings. The Labute approximate surface area is 122 Å². The van der Waals surface area contributed by atoms with Gasteiger partial charge in [0.1, 0.15) is 0 Å². The van der Waals surface area contributed by atoms with Gasteiger partial charge < -0.3 is 0 Å². The molecule has 0 N–H and O–H groups in total. The third kappa shape index (κ3) is 6.23. The molecule has 2 aliphatic carbocycles. The standard InChI is InChI=1S/C16H30S2/c1-3-7-11-15(12-8-4-1)17-18-16-13-9-5-2-6-10-14-16/h15-16H,1-14H2. The van der Waals surface area contributed by atoms with Gasteiger partial charge in [-0.05, 0) is 25.7 Å². The lowest BCUT2D eigenvalue weighted by atomic mass is 10.0. The summed E-state index contributed by atoms with van der Waals surface area (Å²) in [5.41, 5.74) is 0. The van der Waals surface area contributed by atoms with Crippen LogP contribution >= 0.6 is 21.6 Å². The summed E-state index contributed by atoms with van der Waals surface area (Å²) in [6.07, 6.45) is 20.9. The molecule has 0 aromatic carbocycles. The zero-order valence-electron chi connectivity index (χ0n) is 11.9. The fraction of sp³-hybridized carbons (Fsp3) is 1.00. The lowest BCUT2D eigenvalue weighted by Gasteiger charge is -2.23. The van der Waals surface area contributed by atoms with Crippen LogP contribution in [0.4, 0.5) is 0 Å². The summed E-state index contributed by atoms with van der Waals surface area (Å²) in [5, 5.41) is 1.95. The third-order valence-corrected chi connectivity index (χ3v) is 8.00. The summed E-state index contributed by atoms with van der Waals surface area (Å²) in [5.74, 6) is 0. The highest BCUT2D eigenvalue weighted by molar-refractivity contribution is 8.77. The summed E-state index contributed by atoms with van der Waals surface area (Å²) in [4.78, 5) is 0. The topological polar surface area (TPSA) is 0 Å². The van der Waals surface area contributed by atoms with E-state index in [1.54, 1.807) is 0 Å². The average Bonchev–Trinajstić information content (AvgIpc) is 2.29. The van der Waals surface area contributed by atoms with Crippen LogP contribution in [0.25, 0.3) is 0 Å². The highest BCUT2D eigenvalue weighted by Crippen LogP contribution is 2.40. The molecule has 0 atom stereocenters. The van der Waals surface area contributed by atoms with Crippen molar-refractivity contribution in [3.05, 3.63) is 0 Å². The largest absolute Gasteiger partial charge is 0.0904 e. The monoisotopic (exact) mass is 286 g/mol. The number of hydrogen-bond donors (Lipinski definition) is 0. The van der Waals surface area contributed by atoms with Gasteiger partial charge >= 0.3 is 0 Å². The van der Waals surface area contributed by atoms with E-state index in [4.69, 9.17) is 0 Å². The molecule has 106 valence electrons. The Hall–Kier alpha value is 0.700. The first-order valence-corrected chi connectivity index (χ1v) is 10.5. The molecule has 0 unspecified atom stereocenters. The van der Waals surface area contributed by atoms with Crippen LogP contribution in [0.5, 0.6) is 0 Å². The molecule has 0 radical (unpaired) electrons. The Morgan fingerprint density at radius 2 is 0.667 bits per heavy atom. The molecule has 2 aliphatic rings. The van der Waals surface area contributed by atoms with Crippen LogP contribution in [0.2, 0.25) is 0 Å². The lowest BCUT2D eigenvalue weighted by Crippen LogP contribution is -2.08. The maximum absolute atomic E-state index is 2.26. The molecule has 0 bridgehead atoms. The first-order valence-electron chi connectivity index (χ1n) is 8.27. The van der Waals surface area contributed by atoms with Crippen LogP contribution in [-0.4, -0.2) is 10.5 Å². The van der Waals surface area contributed by atoms with E-state index in [1.165, 1.54) is 89.9 Å². The summed E-state index contributed by atoms with van der Waals surface area (Å²) < 4.78 is 0. The molecule has 2 heteroatoms. The minimum absolute atomic E-state index is 0.973. The van der Waals surface area contributed by atoms with E-state index in [0.29, 0.717) is 0 Å². The Bertz CT molecular complexity index is 167. The quantitative estimate of drug-likeness (QED) is 0.536. The van der Waals surface area contributed by atoms with Crippen molar-refractivity contribution in [2.75, 3.05) is 0 Å². The molecule has 0 aromatic rings. The summed E-state index contributed by atoms with van der Waals surface area (Å²) in [7, 11) is 4.52. The predicted molar refractivity (Wildman–Crippen MR) is 87.4 cm³/mol. The van der Waals surface area contributed by atoms with Crippen LogP contribution < -0.4 is 0 Å². The molecule has 0 spiro atoms. The van der Waals surface area contributed by atoms with E-state index in [-0.39, 0.29) is 0 Å². The molecule has 0 aliphatic heterocycles. The van der Waals surface area contributed by atoms with Crippen molar-refractivity contribution in [1.82, 2.24) is 0 Å². The fourth-order valence-corrected chi connectivity index (χ4v) is 6.65.